The van der Waals surface area contributed by atoms with Gasteiger partial charge < -0.3 is 9.47 Å². The van der Waals surface area contributed by atoms with E-state index >= 15 is 0 Å². The molecule has 104 valence electrons. The molecule has 4 heteroatoms. The Morgan fingerprint density at radius 1 is 0.947 bits per heavy atom. The summed E-state index contributed by atoms with van der Waals surface area (Å²) in [4.78, 5) is 22.5. The normalized spacial score (nSPS) is 9.95. The van der Waals surface area contributed by atoms with E-state index in [1.807, 2.05) is 30.3 Å². The lowest BCUT2D eigenvalue weighted by Crippen LogP contribution is -2.06. The van der Waals surface area contributed by atoms with Gasteiger partial charge in [-0.3, -0.25) is 9.59 Å². The second-order valence-electron chi connectivity index (χ2n) is 4.16. The van der Waals surface area contributed by atoms with Crippen LogP contribution in [0.3, 0.4) is 0 Å². The van der Waals surface area contributed by atoms with E-state index in [1.54, 1.807) is 6.92 Å². The predicted octanol–water partition coefficient (Wildman–Crippen LogP) is 2.85. The molecule has 0 spiro atoms. The van der Waals surface area contributed by atoms with Crippen LogP contribution in [0.4, 0.5) is 0 Å². The van der Waals surface area contributed by atoms with Crippen molar-refractivity contribution in [2.45, 2.75) is 39.2 Å². The molecule has 4 nitrogen and oxygen atoms in total. The van der Waals surface area contributed by atoms with Crippen molar-refractivity contribution in [2.75, 3.05) is 6.61 Å². The summed E-state index contributed by atoms with van der Waals surface area (Å²) in [5.41, 5.74) is 0.974. The molecule has 1 aromatic carbocycles. The second kappa shape index (κ2) is 9.14. The highest BCUT2D eigenvalue weighted by molar-refractivity contribution is 5.70. The van der Waals surface area contributed by atoms with Crippen LogP contribution in [0.5, 0.6) is 0 Å². The van der Waals surface area contributed by atoms with Gasteiger partial charge in [0, 0.05) is 12.8 Å². The SMILES string of the molecule is CCOC(=O)CCCCC(=O)OCc1ccccc1. The van der Waals surface area contributed by atoms with Crippen molar-refractivity contribution >= 4 is 11.9 Å². The molecule has 0 atom stereocenters. The summed E-state index contributed by atoms with van der Waals surface area (Å²) in [7, 11) is 0. The fourth-order valence-electron chi connectivity index (χ4n) is 1.58. The van der Waals surface area contributed by atoms with Gasteiger partial charge in [-0.15, -0.1) is 0 Å². The highest BCUT2D eigenvalue weighted by Gasteiger charge is 2.05. The lowest BCUT2D eigenvalue weighted by molar-refractivity contribution is -0.146. The van der Waals surface area contributed by atoms with Gasteiger partial charge >= 0.3 is 11.9 Å². The van der Waals surface area contributed by atoms with Crippen LogP contribution in [0, 0.1) is 0 Å². The third-order valence-electron chi connectivity index (χ3n) is 2.56. The Bertz CT molecular complexity index is 386. The Labute approximate surface area is 113 Å². The van der Waals surface area contributed by atoms with Gasteiger partial charge in [0.05, 0.1) is 6.61 Å². The topological polar surface area (TPSA) is 52.6 Å². The molecule has 1 rings (SSSR count). The Morgan fingerprint density at radius 3 is 2.11 bits per heavy atom. The number of ether oxygens (including phenoxy) is 2. The Hall–Kier alpha value is -1.84. The summed E-state index contributed by atoms with van der Waals surface area (Å²) in [5, 5.41) is 0. The maximum absolute atomic E-state index is 11.4. The van der Waals surface area contributed by atoms with E-state index in [2.05, 4.69) is 0 Å². The number of benzene rings is 1. The van der Waals surface area contributed by atoms with Gasteiger partial charge in [-0.05, 0) is 25.3 Å². The maximum atomic E-state index is 11.4. The number of unbranched alkanes of at least 4 members (excludes halogenated alkanes) is 1. The summed E-state index contributed by atoms with van der Waals surface area (Å²) < 4.78 is 9.93. The largest absolute Gasteiger partial charge is 0.466 e. The van der Waals surface area contributed by atoms with E-state index in [9.17, 15) is 9.59 Å². The smallest absolute Gasteiger partial charge is 0.306 e. The standard InChI is InChI=1S/C15H20O4/c1-2-18-14(16)10-6-7-11-15(17)19-12-13-8-4-3-5-9-13/h3-5,8-9H,2,6-7,10-12H2,1H3. The molecule has 1 aromatic rings. The van der Waals surface area contributed by atoms with Gasteiger partial charge in [-0.1, -0.05) is 30.3 Å². The summed E-state index contributed by atoms with van der Waals surface area (Å²) in [6.45, 7) is 2.48. The van der Waals surface area contributed by atoms with E-state index in [1.165, 1.54) is 0 Å². The molecule has 0 fully saturated rings. The molecule has 0 saturated heterocycles. The summed E-state index contributed by atoms with van der Waals surface area (Å²) in [5.74, 6) is -0.437. The van der Waals surface area contributed by atoms with Crippen molar-refractivity contribution in [3.8, 4) is 0 Å². The zero-order valence-corrected chi connectivity index (χ0v) is 11.3. The van der Waals surface area contributed by atoms with Crippen molar-refractivity contribution in [1.82, 2.24) is 0 Å². The van der Waals surface area contributed by atoms with Crippen LogP contribution in [-0.2, 0) is 25.7 Å². The van der Waals surface area contributed by atoms with Gasteiger partial charge in [0.1, 0.15) is 6.61 Å². The molecule has 0 heterocycles. The van der Waals surface area contributed by atoms with Crippen molar-refractivity contribution in [3.63, 3.8) is 0 Å². The lowest BCUT2D eigenvalue weighted by atomic mass is 10.2. The Kier molecular flexibility index (Phi) is 7.32. The Balaban J connectivity index is 2.07. The van der Waals surface area contributed by atoms with Crippen LogP contribution in [0.25, 0.3) is 0 Å². The molecule has 0 saturated carbocycles. The van der Waals surface area contributed by atoms with Crippen LogP contribution >= 0.6 is 0 Å². The highest BCUT2D eigenvalue weighted by atomic mass is 16.5. The van der Waals surface area contributed by atoms with Gasteiger partial charge in [0.25, 0.3) is 0 Å². The monoisotopic (exact) mass is 264 g/mol. The third-order valence-corrected chi connectivity index (χ3v) is 2.56. The van der Waals surface area contributed by atoms with Gasteiger partial charge in [-0.25, -0.2) is 0 Å². The van der Waals surface area contributed by atoms with E-state index in [0.29, 0.717) is 38.9 Å². The number of esters is 2. The number of hydrogen-bond donors (Lipinski definition) is 0. The number of carbonyl (C=O) groups is 2. The number of hydrogen-bond acceptors (Lipinski definition) is 4. The number of rotatable bonds is 8. The average Bonchev–Trinajstić information content (AvgIpc) is 2.43. The molecule has 0 aliphatic carbocycles. The minimum absolute atomic E-state index is 0.208. The zero-order valence-electron chi connectivity index (χ0n) is 11.3. The first-order chi connectivity index (χ1) is 9.22. The highest BCUT2D eigenvalue weighted by Crippen LogP contribution is 2.05. The van der Waals surface area contributed by atoms with Crippen molar-refractivity contribution in [1.29, 1.82) is 0 Å². The molecular formula is C15H20O4. The molecule has 0 bridgehead atoms. The van der Waals surface area contributed by atoms with Crippen LogP contribution in [0.1, 0.15) is 38.2 Å². The zero-order chi connectivity index (χ0) is 13.9. The lowest BCUT2D eigenvalue weighted by Gasteiger charge is -2.05. The van der Waals surface area contributed by atoms with Gasteiger partial charge in [-0.2, -0.15) is 0 Å². The van der Waals surface area contributed by atoms with Crippen LogP contribution in [-0.4, -0.2) is 18.5 Å². The predicted molar refractivity (Wildman–Crippen MR) is 71.3 cm³/mol. The van der Waals surface area contributed by atoms with Crippen LogP contribution in [0.15, 0.2) is 30.3 Å². The molecular weight excluding hydrogens is 244 g/mol. The average molecular weight is 264 g/mol. The Morgan fingerprint density at radius 2 is 1.53 bits per heavy atom. The molecule has 0 amide bonds. The van der Waals surface area contributed by atoms with Gasteiger partial charge in [0.15, 0.2) is 0 Å². The van der Waals surface area contributed by atoms with Crippen LogP contribution < -0.4 is 0 Å². The van der Waals surface area contributed by atoms with E-state index < -0.39 is 0 Å². The molecule has 0 aliphatic heterocycles. The molecule has 0 N–H and O–H groups in total. The minimum atomic E-state index is -0.229. The van der Waals surface area contributed by atoms with Crippen LogP contribution in [0.2, 0.25) is 0 Å². The summed E-state index contributed by atoms with van der Waals surface area (Å²) in [6.07, 6.45) is 2.00. The fourth-order valence-corrected chi connectivity index (χ4v) is 1.58. The first kappa shape index (κ1) is 15.2. The molecule has 19 heavy (non-hydrogen) atoms. The minimum Gasteiger partial charge on any atom is -0.466 e. The van der Waals surface area contributed by atoms with E-state index in [0.717, 1.165) is 5.56 Å². The maximum Gasteiger partial charge on any atom is 0.306 e. The molecule has 0 aliphatic rings. The number of carbonyl (C=O) groups excluding carboxylic acids is 2. The second-order valence-corrected chi connectivity index (χ2v) is 4.16. The fraction of sp³-hybridized carbons (Fsp3) is 0.467. The van der Waals surface area contributed by atoms with Crippen molar-refractivity contribution in [3.05, 3.63) is 35.9 Å². The van der Waals surface area contributed by atoms with Gasteiger partial charge in [0.2, 0.25) is 0 Å². The quantitative estimate of drug-likeness (QED) is 0.535. The summed E-state index contributed by atoms with van der Waals surface area (Å²) >= 11 is 0. The first-order valence-electron chi connectivity index (χ1n) is 6.57. The van der Waals surface area contributed by atoms with E-state index in [-0.39, 0.29) is 11.9 Å². The van der Waals surface area contributed by atoms with E-state index in [4.69, 9.17) is 9.47 Å². The molecule has 0 radical (unpaired) electrons. The summed E-state index contributed by atoms with van der Waals surface area (Å²) in [6, 6.07) is 9.55. The molecule has 0 aromatic heterocycles. The third kappa shape index (κ3) is 7.24. The first-order valence-corrected chi connectivity index (χ1v) is 6.57. The molecule has 0 unspecified atom stereocenters. The van der Waals surface area contributed by atoms with Crippen molar-refractivity contribution < 1.29 is 19.1 Å². The van der Waals surface area contributed by atoms with Crippen molar-refractivity contribution in [2.24, 2.45) is 0 Å².